The van der Waals surface area contributed by atoms with Crippen LogP contribution in [0.4, 0.5) is 5.69 Å². The minimum Gasteiger partial charge on any atom is -0.267 e. The Bertz CT molecular complexity index is 699. The van der Waals surface area contributed by atoms with Crippen LogP contribution >= 0.6 is 27.3 Å². The lowest BCUT2D eigenvalue weighted by atomic mass is 10.2. The van der Waals surface area contributed by atoms with Crippen LogP contribution in [-0.4, -0.2) is 16.7 Å². The summed E-state index contributed by atoms with van der Waals surface area (Å²) in [5.41, 5.74) is 5.00. The highest BCUT2D eigenvalue weighted by Crippen LogP contribution is 2.20. The van der Waals surface area contributed by atoms with E-state index in [0.29, 0.717) is 5.56 Å². The molecule has 0 aliphatic rings. The van der Waals surface area contributed by atoms with Gasteiger partial charge < -0.3 is 0 Å². The first kappa shape index (κ1) is 15.1. The maximum absolute atomic E-state index is 11.8. The predicted octanol–water partition coefficient (Wildman–Crippen LogP) is 2.49. The lowest BCUT2D eigenvalue weighted by Gasteiger charge is -2.06. The molecule has 0 unspecified atom stereocenters. The Labute approximate surface area is 131 Å². The van der Waals surface area contributed by atoms with Crippen molar-refractivity contribution in [3.8, 4) is 0 Å². The fraction of sp³-hybridized carbons (Fsp3) is 0. The van der Waals surface area contributed by atoms with E-state index < -0.39 is 16.7 Å². The van der Waals surface area contributed by atoms with Gasteiger partial charge in [-0.15, -0.1) is 11.3 Å². The van der Waals surface area contributed by atoms with Crippen molar-refractivity contribution < 1.29 is 14.5 Å². The molecule has 0 saturated carbocycles. The van der Waals surface area contributed by atoms with Gasteiger partial charge in [0.25, 0.3) is 17.5 Å². The van der Waals surface area contributed by atoms with E-state index in [4.69, 9.17) is 0 Å². The van der Waals surface area contributed by atoms with Crippen LogP contribution in [-0.2, 0) is 0 Å². The number of non-ortho nitro benzene ring substituents is 1. The average Bonchev–Trinajstić information content (AvgIpc) is 2.91. The Balaban J connectivity index is 1.95. The van der Waals surface area contributed by atoms with Gasteiger partial charge in [0.05, 0.1) is 14.3 Å². The summed E-state index contributed by atoms with van der Waals surface area (Å²) in [7, 11) is 0. The Hall–Kier alpha value is -2.26. The van der Waals surface area contributed by atoms with Crippen LogP contribution in [0.1, 0.15) is 20.7 Å². The topological polar surface area (TPSA) is 101 Å². The summed E-state index contributed by atoms with van der Waals surface area (Å²) in [6.45, 7) is 0. The Morgan fingerprint density at radius 3 is 2.14 bits per heavy atom. The number of benzene rings is 1. The third-order valence-corrected chi connectivity index (χ3v) is 3.96. The second-order valence-corrected chi connectivity index (χ2v) is 6.14. The third-order valence-electron chi connectivity index (χ3n) is 2.46. The Morgan fingerprint density at radius 2 is 1.67 bits per heavy atom. The number of rotatable bonds is 3. The van der Waals surface area contributed by atoms with Gasteiger partial charge in [0.2, 0.25) is 0 Å². The minimum atomic E-state index is -0.562. The number of amides is 2. The minimum absolute atomic E-state index is 0.112. The van der Waals surface area contributed by atoms with E-state index in [9.17, 15) is 19.7 Å². The van der Waals surface area contributed by atoms with E-state index in [-0.39, 0.29) is 11.3 Å². The number of hydrogen-bond acceptors (Lipinski definition) is 5. The van der Waals surface area contributed by atoms with E-state index in [1.165, 1.54) is 35.6 Å². The molecule has 2 rings (SSSR count). The number of carbonyl (C=O) groups excluding carboxylic acids is 2. The molecule has 7 nitrogen and oxygen atoms in total. The summed E-state index contributed by atoms with van der Waals surface area (Å²) in [5.74, 6) is -1.01. The molecule has 0 aliphatic carbocycles. The van der Waals surface area contributed by atoms with Gasteiger partial charge in [-0.3, -0.25) is 30.6 Å². The normalized spacial score (nSPS) is 9.95. The van der Waals surface area contributed by atoms with Crippen LogP contribution in [0.3, 0.4) is 0 Å². The maximum Gasteiger partial charge on any atom is 0.270 e. The summed E-state index contributed by atoms with van der Waals surface area (Å²) >= 11 is 4.58. The number of nitrogens with one attached hydrogen (secondary N) is 2. The molecule has 0 atom stereocenters. The van der Waals surface area contributed by atoms with E-state index in [1.54, 1.807) is 11.4 Å². The molecular weight excluding hydrogens is 362 g/mol. The van der Waals surface area contributed by atoms with Gasteiger partial charge in [-0.2, -0.15) is 0 Å². The molecule has 0 aliphatic heterocycles. The second-order valence-electron chi connectivity index (χ2n) is 3.85. The van der Waals surface area contributed by atoms with Crippen LogP contribution in [0.2, 0.25) is 0 Å². The highest BCUT2D eigenvalue weighted by Gasteiger charge is 2.12. The Morgan fingerprint density at radius 1 is 1.10 bits per heavy atom. The number of hydrogen-bond donors (Lipinski definition) is 2. The lowest BCUT2D eigenvalue weighted by molar-refractivity contribution is -0.384. The molecule has 108 valence electrons. The fourth-order valence-electron chi connectivity index (χ4n) is 1.42. The zero-order chi connectivity index (χ0) is 15.4. The van der Waals surface area contributed by atoms with Crippen molar-refractivity contribution in [1.29, 1.82) is 0 Å². The van der Waals surface area contributed by atoms with Crippen molar-refractivity contribution in [2.24, 2.45) is 0 Å². The lowest BCUT2D eigenvalue weighted by Crippen LogP contribution is -2.41. The largest absolute Gasteiger partial charge is 0.270 e. The van der Waals surface area contributed by atoms with E-state index in [0.717, 1.165) is 3.79 Å². The van der Waals surface area contributed by atoms with Gasteiger partial charge in [-0.25, -0.2) is 0 Å². The van der Waals surface area contributed by atoms with E-state index >= 15 is 0 Å². The fourth-order valence-corrected chi connectivity index (χ4v) is 2.56. The molecule has 1 aromatic carbocycles. The highest BCUT2D eigenvalue weighted by atomic mass is 79.9. The van der Waals surface area contributed by atoms with Crippen molar-refractivity contribution in [3.63, 3.8) is 0 Å². The van der Waals surface area contributed by atoms with Crippen LogP contribution < -0.4 is 10.9 Å². The maximum atomic E-state index is 11.8. The number of nitro benzene ring substituents is 1. The molecule has 1 heterocycles. The molecule has 2 aromatic rings. The van der Waals surface area contributed by atoms with E-state index in [2.05, 4.69) is 26.8 Å². The molecule has 0 fully saturated rings. The molecule has 0 radical (unpaired) electrons. The first-order valence-electron chi connectivity index (χ1n) is 5.56. The van der Waals surface area contributed by atoms with Crippen LogP contribution in [0, 0.1) is 10.1 Å². The van der Waals surface area contributed by atoms with Crippen molar-refractivity contribution in [2.75, 3.05) is 0 Å². The summed E-state index contributed by atoms with van der Waals surface area (Å²) in [6.07, 6.45) is 0. The smallest absolute Gasteiger partial charge is 0.267 e. The number of thiophene rings is 1. The summed E-state index contributed by atoms with van der Waals surface area (Å²) < 4.78 is 0.800. The van der Waals surface area contributed by atoms with Crippen LogP contribution in [0.25, 0.3) is 0 Å². The summed E-state index contributed by atoms with van der Waals surface area (Å²) in [5, 5.41) is 12.1. The molecule has 21 heavy (non-hydrogen) atoms. The molecule has 0 spiro atoms. The molecule has 0 saturated heterocycles. The van der Waals surface area contributed by atoms with Crippen molar-refractivity contribution in [2.45, 2.75) is 0 Å². The van der Waals surface area contributed by atoms with Crippen molar-refractivity contribution in [1.82, 2.24) is 10.9 Å². The summed E-state index contributed by atoms with van der Waals surface area (Å²) in [6, 6.07) is 6.67. The SMILES string of the molecule is O=C(NNC(=O)c1csc(Br)c1)c1ccc([N+](=O)[O-])cc1. The average molecular weight is 370 g/mol. The first-order valence-corrected chi connectivity index (χ1v) is 7.24. The zero-order valence-electron chi connectivity index (χ0n) is 10.3. The first-order chi connectivity index (χ1) is 9.97. The van der Waals surface area contributed by atoms with Gasteiger partial charge in [-0.1, -0.05) is 0 Å². The number of hydrazine groups is 1. The van der Waals surface area contributed by atoms with Gasteiger partial charge in [-0.05, 0) is 34.1 Å². The Kier molecular flexibility index (Phi) is 4.66. The van der Waals surface area contributed by atoms with Gasteiger partial charge in [0, 0.05) is 23.1 Å². The molecule has 0 bridgehead atoms. The number of nitrogens with zero attached hydrogens (tertiary/aromatic N) is 1. The third kappa shape index (κ3) is 3.86. The number of nitro groups is 1. The molecule has 2 amide bonds. The standard InChI is InChI=1S/C12H8BrN3O4S/c13-10-5-8(6-21-10)12(18)15-14-11(17)7-1-3-9(4-2-7)16(19)20/h1-6H,(H,14,17)(H,15,18). The second kappa shape index (κ2) is 6.46. The number of carbonyl (C=O) groups is 2. The van der Waals surface area contributed by atoms with Crippen molar-refractivity contribution >= 4 is 44.8 Å². The van der Waals surface area contributed by atoms with Gasteiger partial charge in [0.15, 0.2) is 0 Å². The molecule has 2 N–H and O–H groups in total. The quantitative estimate of drug-likeness (QED) is 0.640. The predicted molar refractivity (Wildman–Crippen MR) is 80.0 cm³/mol. The zero-order valence-corrected chi connectivity index (χ0v) is 12.7. The molecule has 1 aromatic heterocycles. The van der Waals surface area contributed by atoms with Gasteiger partial charge in [0.1, 0.15) is 0 Å². The summed E-state index contributed by atoms with van der Waals surface area (Å²) in [4.78, 5) is 33.4. The molecule has 9 heteroatoms. The number of halogens is 1. The van der Waals surface area contributed by atoms with Crippen molar-refractivity contribution in [3.05, 3.63) is 60.7 Å². The monoisotopic (exact) mass is 369 g/mol. The highest BCUT2D eigenvalue weighted by molar-refractivity contribution is 9.11. The van der Waals surface area contributed by atoms with Gasteiger partial charge >= 0.3 is 0 Å². The van der Waals surface area contributed by atoms with Crippen LogP contribution in [0.15, 0.2) is 39.5 Å². The molecular formula is C12H8BrN3O4S. The van der Waals surface area contributed by atoms with Crippen LogP contribution in [0.5, 0.6) is 0 Å². The van der Waals surface area contributed by atoms with E-state index in [1.807, 2.05) is 0 Å².